The Labute approximate surface area is 159 Å². The Morgan fingerprint density at radius 2 is 2.22 bits per heavy atom. The lowest BCUT2D eigenvalue weighted by atomic mass is 10.2. The van der Waals surface area contributed by atoms with Crippen LogP contribution in [0.5, 0.6) is 5.75 Å². The molecular weight excluding hydrogens is 344 g/mol. The van der Waals surface area contributed by atoms with E-state index in [0.29, 0.717) is 24.5 Å². The zero-order chi connectivity index (χ0) is 18.5. The SMILES string of the molecule is O=C(NCc1nnc2n1CCCCC2)c1cccc(OCC2CCCO2)c1. The normalized spacial score (nSPS) is 19.3. The highest BCUT2D eigenvalue weighted by atomic mass is 16.5. The van der Waals surface area contributed by atoms with Crippen LogP contribution < -0.4 is 10.1 Å². The van der Waals surface area contributed by atoms with Gasteiger partial charge in [0.2, 0.25) is 0 Å². The maximum atomic E-state index is 12.5. The van der Waals surface area contributed by atoms with Crippen LogP contribution in [0.15, 0.2) is 24.3 Å². The Hall–Kier alpha value is -2.41. The zero-order valence-electron chi connectivity index (χ0n) is 15.5. The fraction of sp³-hybridized carbons (Fsp3) is 0.550. The topological polar surface area (TPSA) is 78.3 Å². The fourth-order valence-electron chi connectivity index (χ4n) is 3.63. The number of hydrogen-bond donors (Lipinski definition) is 1. The van der Waals surface area contributed by atoms with Gasteiger partial charge in [-0.1, -0.05) is 12.5 Å². The lowest BCUT2D eigenvalue weighted by Crippen LogP contribution is -2.25. The molecule has 1 aromatic carbocycles. The summed E-state index contributed by atoms with van der Waals surface area (Å²) in [5.74, 6) is 2.41. The molecular formula is C20H26N4O3. The molecule has 1 amide bonds. The molecule has 4 rings (SSSR count). The number of amides is 1. The molecule has 1 saturated heterocycles. The van der Waals surface area contributed by atoms with Gasteiger partial charge in [0.25, 0.3) is 5.91 Å². The van der Waals surface area contributed by atoms with Crippen LogP contribution in [0.4, 0.5) is 0 Å². The Morgan fingerprint density at radius 3 is 3.11 bits per heavy atom. The number of nitrogens with zero attached hydrogens (tertiary/aromatic N) is 3. The molecule has 1 fully saturated rings. The standard InChI is InChI=1S/C20H26N4O3/c25-20(21-13-19-23-22-18-9-2-1-3-10-24(18)19)15-6-4-7-16(12-15)27-14-17-8-5-11-26-17/h4,6-7,12,17H,1-3,5,8-11,13-14H2,(H,21,25). The monoisotopic (exact) mass is 370 g/mol. The summed E-state index contributed by atoms with van der Waals surface area (Å²) in [4.78, 5) is 12.5. The number of aromatic nitrogens is 3. The highest BCUT2D eigenvalue weighted by Gasteiger charge is 2.17. The average molecular weight is 370 g/mol. The molecule has 1 N–H and O–H groups in total. The van der Waals surface area contributed by atoms with Gasteiger partial charge in [-0.3, -0.25) is 4.79 Å². The molecule has 0 bridgehead atoms. The lowest BCUT2D eigenvalue weighted by Gasteiger charge is -2.12. The summed E-state index contributed by atoms with van der Waals surface area (Å²) in [6.45, 7) is 2.65. The molecule has 2 aliphatic rings. The maximum absolute atomic E-state index is 12.5. The summed E-state index contributed by atoms with van der Waals surface area (Å²) in [6.07, 6.45) is 6.75. The zero-order valence-corrected chi connectivity index (χ0v) is 15.5. The molecule has 1 atom stereocenters. The number of aryl methyl sites for hydroxylation is 1. The van der Waals surface area contributed by atoms with Crippen LogP contribution in [0.3, 0.4) is 0 Å². The summed E-state index contributed by atoms with van der Waals surface area (Å²) in [7, 11) is 0. The van der Waals surface area contributed by atoms with Crippen molar-refractivity contribution in [2.24, 2.45) is 0 Å². The van der Waals surface area contributed by atoms with E-state index in [2.05, 4.69) is 20.1 Å². The van der Waals surface area contributed by atoms with Gasteiger partial charge >= 0.3 is 0 Å². The van der Waals surface area contributed by atoms with Crippen LogP contribution in [0.25, 0.3) is 0 Å². The summed E-state index contributed by atoms with van der Waals surface area (Å²) in [5, 5.41) is 11.5. The van der Waals surface area contributed by atoms with Gasteiger partial charge in [-0.2, -0.15) is 0 Å². The molecule has 27 heavy (non-hydrogen) atoms. The molecule has 7 nitrogen and oxygen atoms in total. The van der Waals surface area contributed by atoms with E-state index in [4.69, 9.17) is 9.47 Å². The van der Waals surface area contributed by atoms with E-state index >= 15 is 0 Å². The van der Waals surface area contributed by atoms with Gasteiger partial charge in [0.1, 0.15) is 18.2 Å². The van der Waals surface area contributed by atoms with Crippen molar-refractivity contribution in [3.8, 4) is 5.75 Å². The summed E-state index contributed by atoms with van der Waals surface area (Å²) >= 11 is 0. The number of nitrogens with one attached hydrogen (secondary N) is 1. The van der Waals surface area contributed by atoms with Gasteiger partial charge in [-0.25, -0.2) is 0 Å². The molecule has 0 spiro atoms. The number of carbonyl (C=O) groups excluding carboxylic acids is 1. The first-order valence-electron chi connectivity index (χ1n) is 9.83. The fourth-order valence-corrected chi connectivity index (χ4v) is 3.63. The third-order valence-corrected chi connectivity index (χ3v) is 5.15. The summed E-state index contributed by atoms with van der Waals surface area (Å²) < 4.78 is 13.5. The minimum atomic E-state index is -0.136. The number of hydrogen-bond acceptors (Lipinski definition) is 5. The van der Waals surface area contributed by atoms with Gasteiger partial charge in [0, 0.05) is 25.1 Å². The number of benzene rings is 1. The second kappa shape index (κ2) is 8.52. The van der Waals surface area contributed by atoms with Crippen LogP contribution in [-0.4, -0.2) is 40.0 Å². The second-order valence-electron chi connectivity index (χ2n) is 7.15. The van der Waals surface area contributed by atoms with Crippen LogP contribution in [0.1, 0.15) is 54.1 Å². The predicted molar refractivity (Wildman–Crippen MR) is 99.7 cm³/mol. The van der Waals surface area contributed by atoms with Gasteiger partial charge in [0.05, 0.1) is 12.6 Å². The van der Waals surface area contributed by atoms with Gasteiger partial charge in [-0.15, -0.1) is 10.2 Å². The van der Waals surface area contributed by atoms with E-state index < -0.39 is 0 Å². The highest BCUT2D eigenvalue weighted by Crippen LogP contribution is 2.18. The van der Waals surface area contributed by atoms with E-state index in [9.17, 15) is 4.79 Å². The highest BCUT2D eigenvalue weighted by molar-refractivity contribution is 5.94. The molecule has 0 aliphatic carbocycles. The van der Waals surface area contributed by atoms with Crippen molar-refractivity contribution < 1.29 is 14.3 Å². The van der Waals surface area contributed by atoms with Crippen molar-refractivity contribution in [1.82, 2.24) is 20.1 Å². The average Bonchev–Trinajstić information content (AvgIpc) is 3.29. The smallest absolute Gasteiger partial charge is 0.251 e. The third kappa shape index (κ3) is 4.47. The first kappa shape index (κ1) is 18.0. The van der Waals surface area contributed by atoms with Crippen LogP contribution in [0.2, 0.25) is 0 Å². The third-order valence-electron chi connectivity index (χ3n) is 5.15. The van der Waals surface area contributed by atoms with Crippen LogP contribution in [0, 0.1) is 0 Å². The van der Waals surface area contributed by atoms with E-state index in [-0.39, 0.29) is 12.0 Å². The first-order chi connectivity index (χ1) is 13.3. The maximum Gasteiger partial charge on any atom is 0.251 e. The van der Waals surface area contributed by atoms with Crippen molar-refractivity contribution in [2.45, 2.75) is 57.7 Å². The van der Waals surface area contributed by atoms with E-state index in [1.54, 1.807) is 12.1 Å². The van der Waals surface area contributed by atoms with Crippen molar-refractivity contribution >= 4 is 5.91 Å². The molecule has 7 heteroatoms. The van der Waals surface area contributed by atoms with Gasteiger partial charge in [0.15, 0.2) is 5.82 Å². The van der Waals surface area contributed by atoms with Gasteiger partial charge in [-0.05, 0) is 43.9 Å². The minimum Gasteiger partial charge on any atom is -0.491 e. The Morgan fingerprint density at radius 1 is 1.26 bits per heavy atom. The molecule has 2 aliphatic heterocycles. The first-order valence-corrected chi connectivity index (χ1v) is 9.83. The molecule has 3 heterocycles. The Kier molecular flexibility index (Phi) is 5.67. The van der Waals surface area contributed by atoms with Crippen molar-refractivity contribution in [2.75, 3.05) is 13.2 Å². The molecule has 144 valence electrons. The lowest BCUT2D eigenvalue weighted by molar-refractivity contribution is 0.0679. The summed E-state index contributed by atoms with van der Waals surface area (Å²) in [5.41, 5.74) is 0.579. The van der Waals surface area contributed by atoms with E-state index in [1.165, 1.54) is 6.42 Å². The Bertz CT molecular complexity index is 783. The number of fused-ring (bicyclic) bond motifs is 1. The molecule has 0 saturated carbocycles. The Balaban J connectivity index is 1.34. The van der Waals surface area contributed by atoms with Gasteiger partial charge < -0.3 is 19.4 Å². The van der Waals surface area contributed by atoms with Crippen molar-refractivity contribution in [3.05, 3.63) is 41.5 Å². The largest absolute Gasteiger partial charge is 0.491 e. The van der Waals surface area contributed by atoms with Crippen LogP contribution >= 0.6 is 0 Å². The second-order valence-corrected chi connectivity index (χ2v) is 7.15. The van der Waals surface area contributed by atoms with E-state index in [0.717, 1.165) is 56.9 Å². The number of carbonyl (C=O) groups is 1. The number of rotatable bonds is 6. The molecule has 1 aromatic heterocycles. The number of ether oxygens (including phenoxy) is 2. The predicted octanol–water partition coefficient (Wildman–Crippen LogP) is 2.49. The van der Waals surface area contributed by atoms with Crippen molar-refractivity contribution in [1.29, 1.82) is 0 Å². The molecule has 1 unspecified atom stereocenters. The molecule has 0 radical (unpaired) electrons. The van der Waals surface area contributed by atoms with E-state index in [1.807, 2.05) is 12.1 Å². The summed E-state index contributed by atoms with van der Waals surface area (Å²) in [6, 6.07) is 7.26. The quantitative estimate of drug-likeness (QED) is 0.845. The minimum absolute atomic E-state index is 0.136. The molecule has 2 aromatic rings. The van der Waals surface area contributed by atoms with Crippen LogP contribution in [-0.2, 0) is 24.2 Å². The van der Waals surface area contributed by atoms with Crippen molar-refractivity contribution in [3.63, 3.8) is 0 Å².